The van der Waals surface area contributed by atoms with Gasteiger partial charge in [-0.05, 0) is 36.4 Å². The van der Waals surface area contributed by atoms with E-state index >= 15 is 0 Å². The third-order valence-electron chi connectivity index (χ3n) is 3.11. The molecule has 1 amide bonds. The number of hydrogen-bond acceptors (Lipinski definition) is 3. The summed E-state index contributed by atoms with van der Waals surface area (Å²) in [5, 5.41) is 8.81. The molecular formula is C13H15NO3S. The second-order valence-corrected chi connectivity index (χ2v) is 5.46. The molecule has 0 saturated carbocycles. The fourth-order valence-electron chi connectivity index (χ4n) is 1.96. The Bertz CT molecular complexity index is 452. The number of carbonyl (C=O) groups is 2. The first-order chi connectivity index (χ1) is 8.59. The van der Waals surface area contributed by atoms with Crippen molar-refractivity contribution in [1.82, 2.24) is 0 Å². The summed E-state index contributed by atoms with van der Waals surface area (Å²) < 4.78 is 0. The van der Waals surface area contributed by atoms with Gasteiger partial charge in [-0.2, -0.15) is 11.8 Å². The van der Waals surface area contributed by atoms with Crippen molar-refractivity contribution in [2.45, 2.75) is 6.42 Å². The van der Waals surface area contributed by atoms with Crippen molar-refractivity contribution in [2.75, 3.05) is 23.5 Å². The van der Waals surface area contributed by atoms with Crippen LogP contribution in [0.3, 0.4) is 0 Å². The zero-order valence-corrected chi connectivity index (χ0v) is 10.9. The number of thioether (sulfide) groups is 1. The van der Waals surface area contributed by atoms with Gasteiger partial charge < -0.3 is 10.0 Å². The average Bonchev–Trinajstić information content (AvgIpc) is 2.91. The fourth-order valence-corrected chi connectivity index (χ4v) is 3.17. The number of aromatic carboxylic acids is 1. The van der Waals surface area contributed by atoms with Gasteiger partial charge in [-0.3, -0.25) is 4.79 Å². The maximum atomic E-state index is 12.2. The van der Waals surface area contributed by atoms with Crippen molar-refractivity contribution in [1.29, 1.82) is 0 Å². The molecule has 1 atom stereocenters. The van der Waals surface area contributed by atoms with Gasteiger partial charge in [-0.1, -0.05) is 0 Å². The summed E-state index contributed by atoms with van der Waals surface area (Å²) in [5.74, 6) is 1.18. The molecule has 0 radical (unpaired) electrons. The molecule has 2 rings (SSSR count). The molecule has 1 aromatic carbocycles. The number of rotatable bonds is 3. The van der Waals surface area contributed by atoms with Gasteiger partial charge in [0.15, 0.2) is 0 Å². The van der Waals surface area contributed by atoms with Crippen molar-refractivity contribution < 1.29 is 14.7 Å². The lowest BCUT2D eigenvalue weighted by atomic mass is 10.1. The van der Waals surface area contributed by atoms with Gasteiger partial charge in [0.1, 0.15) is 0 Å². The van der Waals surface area contributed by atoms with Gasteiger partial charge in [0.2, 0.25) is 5.91 Å². The molecule has 4 nitrogen and oxygen atoms in total. The average molecular weight is 265 g/mol. The quantitative estimate of drug-likeness (QED) is 0.909. The monoisotopic (exact) mass is 265 g/mol. The Hall–Kier alpha value is -1.49. The first-order valence-electron chi connectivity index (χ1n) is 5.78. The predicted molar refractivity (Wildman–Crippen MR) is 72.2 cm³/mol. The predicted octanol–water partition coefficient (Wildman–Crippen LogP) is 2.10. The van der Waals surface area contributed by atoms with E-state index in [-0.39, 0.29) is 17.4 Å². The first kappa shape index (κ1) is 13.0. The van der Waals surface area contributed by atoms with Crippen LogP contribution in [0.25, 0.3) is 0 Å². The SMILES string of the molecule is CN(C(=O)C1CCSC1)c1ccc(C(=O)O)cc1. The Morgan fingerprint density at radius 2 is 2.00 bits per heavy atom. The van der Waals surface area contributed by atoms with E-state index in [0.29, 0.717) is 0 Å². The van der Waals surface area contributed by atoms with Crippen LogP contribution in [-0.4, -0.2) is 35.5 Å². The van der Waals surface area contributed by atoms with Crippen LogP contribution in [-0.2, 0) is 4.79 Å². The second-order valence-electron chi connectivity index (χ2n) is 4.31. The molecule has 0 aliphatic carbocycles. The van der Waals surface area contributed by atoms with E-state index in [1.165, 1.54) is 12.1 Å². The van der Waals surface area contributed by atoms with E-state index < -0.39 is 5.97 Å². The minimum absolute atomic E-state index is 0.0964. The van der Waals surface area contributed by atoms with Gasteiger partial charge in [0.25, 0.3) is 0 Å². The molecule has 0 aromatic heterocycles. The maximum Gasteiger partial charge on any atom is 0.335 e. The number of anilines is 1. The van der Waals surface area contributed by atoms with Crippen molar-refractivity contribution in [3.63, 3.8) is 0 Å². The van der Waals surface area contributed by atoms with E-state index in [4.69, 9.17) is 5.11 Å². The third kappa shape index (κ3) is 2.67. The van der Waals surface area contributed by atoms with Crippen LogP contribution in [0.1, 0.15) is 16.8 Å². The van der Waals surface area contributed by atoms with Crippen LogP contribution < -0.4 is 4.90 Å². The Morgan fingerprint density at radius 1 is 1.33 bits per heavy atom. The molecule has 1 N–H and O–H groups in total. The lowest BCUT2D eigenvalue weighted by Gasteiger charge is -2.20. The minimum Gasteiger partial charge on any atom is -0.478 e. The first-order valence-corrected chi connectivity index (χ1v) is 6.93. The highest BCUT2D eigenvalue weighted by molar-refractivity contribution is 7.99. The Kier molecular flexibility index (Phi) is 3.91. The fraction of sp³-hybridized carbons (Fsp3) is 0.385. The molecule has 0 bridgehead atoms. The van der Waals surface area contributed by atoms with Crippen LogP contribution in [0.5, 0.6) is 0 Å². The van der Waals surface area contributed by atoms with Gasteiger partial charge in [0.05, 0.1) is 5.56 Å². The Morgan fingerprint density at radius 3 is 2.50 bits per heavy atom. The lowest BCUT2D eigenvalue weighted by Crippen LogP contribution is -2.32. The smallest absolute Gasteiger partial charge is 0.335 e. The maximum absolute atomic E-state index is 12.2. The molecule has 1 saturated heterocycles. The van der Waals surface area contributed by atoms with Crippen molar-refractivity contribution >= 4 is 29.3 Å². The molecule has 1 aliphatic rings. The van der Waals surface area contributed by atoms with E-state index in [9.17, 15) is 9.59 Å². The molecule has 1 aromatic rings. The normalized spacial score (nSPS) is 18.6. The van der Waals surface area contributed by atoms with Gasteiger partial charge in [-0.15, -0.1) is 0 Å². The highest BCUT2D eigenvalue weighted by atomic mass is 32.2. The Balaban J connectivity index is 2.10. The molecule has 0 spiro atoms. The molecule has 1 fully saturated rings. The largest absolute Gasteiger partial charge is 0.478 e. The molecule has 96 valence electrons. The zero-order valence-electron chi connectivity index (χ0n) is 10.1. The standard InChI is InChI=1S/C13H15NO3S/c1-14(12(15)10-6-7-18-8-10)11-4-2-9(3-5-11)13(16)17/h2-5,10H,6-8H2,1H3,(H,16,17). The molecule has 1 aliphatic heterocycles. The van der Waals surface area contributed by atoms with Gasteiger partial charge in [0, 0.05) is 24.4 Å². The van der Waals surface area contributed by atoms with Crippen LogP contribution in [0.15, 0.2) is 24.3 Å². The molecule has 1 unspecified atom stereocenters. The number of hydrogen-bond donors (Lipinski definition) is 1. The topological polar surface area (TPSA) is 57.6 Å². The van der Waals surface area contributed by atoms with E-state index in [2.05, 4.69) is 0 Å². The van der Waals surface area contributed by atoms with Crippen molar-refractivity contribution in [3.8, 4) is 0 Å². The Labute approximate surface area is 110 Å². The summed E-state index contributed by atoms with van der Waals surface area (Å²) in [7, 11) is 1.74. The van der Waals surface area contributed by atoms with Crippen molar-refractivity contribution in [2.24, 2.45) is 5.92 Å². The van der Waals surface area contributed by atoms with Crippen molar-refractivity contribution in [3.05, 3.63) is 29.8 Å². The summed E-state index contributed by atoms with van der Waals surface area (Å²) in [6, 6.07) is 6.38. The second kappa shape index (κ2) is 5.44. The molecule has 18 heavy (non-hydrogen) atoms. The summed E-state index contributed by atoms with van der Waals surface area (Å²) in [5.41, 5.74) is 0.970. The zero-order chi connectivity index (χ0) is 13.1. The third-order valence-corrected chi connectivity index (χ3v) is 4.27. The summed E-state index contributed by atoms with van der Waals surface area (Å²) >= 11 is 1.80. The van der Waals surface area contributed by atoms with Crippen LogP contribution in [0, 0.1) is 5.92 Å². The number of carboxylic acids is 1. The highest BCUT2D eigenvalue weighted by Gasteiger charge is 2.26. The molecule has 5 heteroatoms. The minimum atomic E-state index is -0.956. The van der Waals surface area contributed by atoms with E-state index in [1.54, 1.807) is 35.8 Å². The summed E-state index contributed by atoms with van der Waals surface area (Å²) in [6.07, 6.45) is 0.932. The number of amides is 1. The van der Waals surface area contributed by atoms with Crippen LogP contribution in [0.4, 0.5) is 5.69 Å². The number of carbonyl (C=O) groups excluding carboxylic acids is 1. The number of nitrogens with zero attached hydrogens (tertiary/aromatic N) is 1. The van der Waals surface area contributed by atoms with E-state index in [0.717, 1.165) is 23.6 Å². The lowest BCUT2D eigenvalue weighted by molar-refractivity contribution is -0.121. The number of carboxylic acid groups (broad SMARTS) is 1. The van der Waals surface area contributed by atoms with Gasteiger partial charge in [-0.25, -0.2) is 4.79 Å². The molecular weight excluding hydrogens is 250 g/mol. The molecule has 1 heterocycles. The summed E-state index contributed by atoms with van der Waals surface area (Å²) in [4.78, 5) is 24.5. The van der Waals surface area contributed by atoms with Gasteiger partial charge >= 0.3 is 5.97 Å². The van der Waals surface area contributed by atoms with Crippen LogP contribution in [0.2, 0.25) is 0 Å². The highest BCUT2D eigenvalue weighted by Crippen LogP contribution is 2.26. The summed E-state index contributed by atoms with van der Waals surface area (Å²) in [6.45, 7) is 0. The van der Waals surface area contributed by atoms with Crippen LogP contribution >= 0.6 is 11.8 Å². The van der Waals surface area contributed by atoms with E-state index in [1.807, 2.05) is 0 Å². The number of benzene rings is 1.